The van der Waals surface area contributed by atoms with Crippen LogP contribution in [0.15, 0.2) is 237 Å². The van der Waals surface area contributed by atoms with Gasteiger partial charge in [-0.1, -0.05) is 127 Å². The lowest BCUT2D eigenvalue weighted by Crippen LogP contribution is -2.37. The fourth-order valence-electron chi connectivity index (χ4n) is 10.8. The summed E-state index contributed by atoms with van der Waals surface area (Å²) in [6.07, 6.45) is -9.20. The first-order chi connectivity index (χ1) is 65.0. The molecule has 0 saturated carbocycles. The van der Waals surface area contributed by atoms with Crippen LogP contribution in [0.25, 0.3) is 0 Å². The molecule has 4 heterocycles. The number of nitrogens with one attached hydrogen (secondary N) is 11. The van der Waals surface area contributed by atoms with Crippen LogP contribution in [0.4, 0.5) is 69.8 Å². The van der Waals surface area contributed by atoms with Gasteiger partial charge in [0.15, 0.2) is 47.7 Å². The van der Waals surface area contributed by atoms with Crippen LogP contribution in [0.3, 0.4) is 0 Å². The Hall–Kier alpha value is -14.5. The fraction of sp³-hybridized carbons (Fsp3) is 0.104. The topological polar surface area (TPSA) is 797 Å². The van der Waals surface area contributed by atoms with Crippen molar-refractivity contribution in [2.24, 2.45) is 0 Å². The summed E-state index contributed by atoms with van der Waals surface area (Å²) < 4.78 is 124. The molecule has 0 spiro atoms. The van der Waals surface area contributed by atoms with Gasteiger partial charge in [0.25, 0.3) is 65.0 Å². The molecule has 21 N–H and O–H groups in total. The number of amides is 11. The standard InChI is InChI=1S/C77H72N20O34P6/c78-59-51(36-79-74(87-59)94-66(101)47-28-14-4-15-29-47)83-70(105)56(128-136(119,120)126-43-58(130-137(121,122)131-133(112,113)114)73(108)86-54-39-82-77(97-69(104)50-34-20-7-21-35-50)93-62(54)90-65(100)46-26-12-3-13-27-46)41-124-135(117,118)129-57(72(107)85-53-38-81-76(96-68(103)49-32-18-6-19-33-49)92-61(53)89-64(99)45-24-10-2-11-25-45)42-125-134(115,116)127-55(40-123-132(109,110)111)71(106)84-52-37-80-75(95-67(102)48-30-16-5-17-31-48)91-60(52)88-63(98)44-22-8-1-9-23-44/h1-39,55-58H,40-43H2,(H,83,105)(H,84,106)(H,85,107)(H,86,108)(H,115,116)(H,117,118)(H,119,120)(H,121,122)(H2,109,110,111)(H2,112,113,114)(H3,78,79,87,94,101)(H2,80,88,91,95,98,102)(H2,81,89,92,96,99,103)(H2,82,90,93,97,100,104)/t55-,56-,57-,58-/m1/s1. The maximum atomic E-state index is 15.0. The number of hydrogen-bond acceptors (Lipinski definition) is 35. The van der Waals surface area contributed by atoms with E-state index in [0.717, 1.165) is 6.20 Å². The van der Waals surface area contributed by atoms with Gasteiger partial charge < -0.3 is 82.1 Å². The predicted molar refractivity (Wildman–Crippen MR) is 476 cm³/mol. The highest BCUT2D eigenvalue weighted by molar-refractivity contribution is 7.60. The average molecular weight is 2010 g/mol. The second-order valence-electron chi connectivity index (χ2n) is 27.1. The lowest BCUT2D eigenvalue weighted by molar-refractivity contribution is -0.128. The molecule has 0 aliphatic carbocycles. The van der Waals surface area contributed by atoms with Crippen molar-refractivity contribution < 1.29 is 160 Å². The summed E-state index contributed by atoms with van der Waals surface area (Å²) in [6.45, 7) is -7.76. The van der Waals surface area contributed by atoms with Crippen LogP contribution in [0, 0.1) is 0 Å². The number of anilines is 12. The van der Waals surface area contributed by atoms with E-state index in [9.17, 15) is 119 Å². The highest BCUT2D eigenvalue weighted by Gasteiger charge is 2.44. The molecule has 11 rings (SSSR count). The van der Waals surface area contributed by atoms with Gasteiger partial charge in [0.1, 0.15) is 22.7 Å². The van der Waals surface area contributed by atoms with Crippen molar-refractivity contribution >= 4 is 182 Å². The number of carbonyl (C=O) groups is 11. The third-order valence-corrected chi connectivity index (χ3v) is 22.7. The SMILES string of the molecule is Nc1nc(NC(=O)c2ccccc2)ncc1NC(=O)[C@@H](COP(=O)(O)O[C@H](COP(=O)(O)O[C@H](COP(=O)(O)O)C(=O)Nc1cnc(NC(=O)c2ccccc2)nc1NC(=O)c1ccccc1)C(=O)Nc1cnc(NC(=O)c2ccccc2)nc1NC(=O)c1ccccc1)OP(=O)(O)OC[C@@H](OP(=O)(O)OP(=O)(O)O)C(=O)Nc1cnc(NC(=O)c2ccccc2)nc1NC(=O)c1ccccc1. The number of phosphoric ester groups is 5. The van der Waals surface area contributed by atoms with Gasteiger partial charge in [-0.25, -0.2) is 47.3 Å². The Morgan fingerprint density at radius 3 is 0.693 bits per heavy atom. The van der Waals surface area contributed by atoms with Gasteiger partial charge in [-0.2, -0.15) is 24.2 Å². The Balaban J connectivity index is 0.914. The molecule has 8 atom stereocenters. The lowest BCUT2D eigenvalue weighted by atomic mass is 10.2. The van der Waals surface area contributed by atoms with E-state index in [4.69, 9.17) is 37.4 Å². The molecule has 4 aromatic heterocycles. The summed E-state index contributed by atoms with van der Waals surface area (Å²) in [6, 6.07) is 50.6. The third kappa shape index (κ3) is 32.4. The van der Waals surface area contributed by atoms with Gasteiger partial charge in [0.05, 0.1) is 51.2 Å². The maximum absolute atomic E-state index is 15.0. The van der Waals surface area contributed by atoms with E-state index in [1.807, 2.05) is 10.6 Å². The summed E-state index contributed by atoms with van der Waals surface area (Å²) in [7, 11) is -37.6. The number of hydrogen-bond donors (Lipinski definition) is 20. The van der Waals surface area contributed by atoms with Gasteiger partial charge in [0.2, 0.25) is 23.8 Å². The van der Waals surface area contributed by atoms with Crippen LogP contribution in [-0.2, 0) is 87.1 Å². The minimum absolute atomic E-state index is 0.0316. The van der Waals surface area contributed by atoms with Crippen LogP contribution < -0.4 is 64.2 Å². The maximum Gasteiger partial charge on any atom is 0.481 e. The smallest absolute Gasteiger partial charge is 0.382 e. The Bertz CT molecular complexity index is 6610. The number of phosphoric acid groups is 6. The van der Waals surface area contributed by atoms with Crippen molar-refractivity contribution in [2.75, 3.05) is 90.6 Å². The van der Waals surface area contributed by atoms with Crippen LogP contribution in [0.5, 0.6) is 0 Å². The summed E-state index contributed by atoms with van der Waals surface area (Å²) >= 11 is 0. The van der Waals surface area contributed by atoms with Crippen molar-refractivity contribution in [3.05, 3.63) is 276 Å². The summed E-state index contributed by atoms with van der Waals surface area (Å²) in [5, 5.41) is 24.6. The second-order valence-corrected chi connectivity index (χ2v) is 35.3. The molecule has 0 bridgehead atoms. The predicted octanol–water partition coefficient (Wildman–Crippen LogP) is 7.26. The van der Waals surface area contributed by atoms with Gasteiger partial charge >= 0.3 is 46.9 Å². The summed E-state index contributed by atoms with van der Waals surface area (Å²) in [5.74, 6) is -18.7. The molecule has 0 saturated heterocycles. The Morgan fingerprint density at radius 2 is 0.467 bits per heavy atom. The van der Waals surface area contributed by atoms with Crippen molar-refractivity contribution in [3.8, 4) is 0 Å². The summed E-state index contributed by atoms with van der Waals surface area (Å²) in [5.41, 5.74) is 3.32. The van der Waals surface area contributed by atoms with E-state index in [2.05, 4.69) is 96.6 Å². The minimum atomic E-state index is -6.53. The molecule has 60 heteroatoms. The molecule has 0 aliphatic rings. The second kappa shape index (κ2) is 46.7. The molecule has 0 aliphatic heterocycles. The normalized spacial score (nSPS) is 14.0. The number of nitrogens with zero attached hydrogens (tertiary/aromatic N) is 8. The molecule has 4 unspecified atom stereocenters. The lowest BCUT2D eigenvalue weighted by Gasteiger charge is -2.25. The monoisotopic (exact) mass is 2010 g/mol. The van der Waals surface area contributed by atoms with E-state index >= 15 is 0 Å². The third-order valence-electron chi connectivity index (χ3n) is 17.0. The molecule has 137 heavy (non-hydrogen) atoms. The Morgan fingerprint density at radius 1 is 0.263 bits per heavy atom. The van der Waals surface area contributed by atoms with Gasteiger partial charge in [-0.05, 0) is 84.9 Å². The van der Waals surface area contributed by atoms with Crippen LogP contribution in [0.1, 0.15) is 72.5 Å². The fourth-order valence-corrected chi connectivity index (χ4v) is 15.4. The van der Waals surface area contributed by atoms with E-state index in [1.54, 1.807) is 30.3 Å². The minimum Gasteiger partial charge on any atom is -0.382 e. The van der Waals surface area contributed by atoms with E-state index in [0.29, 0.717) is 18.6 Å². The van der Waals surface area contributed by atoms with Crippen LogP contribution in [-0.4, -0.2) is 195 Å². The largest absolute Gasteiger partial charge is 0.481 e. The van der Waals surface area contributed by atoms with Crippen molar-refractivity contribution in [2.45, 2.75) is 24.4 Å². The number of benzene rings is 7. The van der Waals surface area contributed by atoms with Crippen LogP contribution >= 0.6 is 46.9 Å². The molecule has 714 valence electrons. The first kappa shape index (κ1) is 103. The number of nitrogen functional groups attached to an aromatic ring is 1. The molecule has 0 radical (unpaired) electrons. The average Bonchev–Trinajstić information content (AvgIpc) is 0.824. The van der Waals surface area contributed by atoms with E-state index in [-0.39, 0.29) is 38.9 Å². The molecular weight excluding hydrogens is 1930 g/mol. The van der Waals surface area contributed by atoms with Crippen molar-refractivity contribution in [3.63, 3.8) is 0 Å². The molecule has 0 fully saturated rings. The van der Waals surface area contributed by atoms with E-state index < -0.39 is 233 Å². The first-order valence-corrected chi connectivity index (χ1v) is 47.5. The molecule has 11 amide bonds. The van der Waals surface area contributed by atoms with E-state index in [1.165, 1.54) is 182 Å². The van der Waals surface area contributed by atoms with Gasteiger partial charge in [-0.3, -0.25) is 110 Å². The quantitative estimate of drug-likeness (QED) is 0.0167. The molecule has 11 aromatic rings. The van der Waals surface area contributed by atoms with Crippen molar-refractivity contribution in [1.29, 1.82) is 0 Å². The number of carbonyl (C=O) groups excluding carboxylic acids is 11. The van der Waals surface area contributed by atoms with Gasteiger partial charge in [-0.15, -0.1) is 0 Å². The highest BCUT2D eigenvalue weighted by atomic mass is 31.3. The zero-order chi connectivity index (χ0) is 98.8. The summed E-state index contributed by atoms with van der Waals surface area (Å²) in [4.78, 5) is 269. The number of rotatable bonds is 44. The first-order valence-electron chi connectivity index (χ1n) is 38.4. The molecule has 54 nitrogen and oxygen atoms in total. The van der Waals surface area contributed by atoms with Crippen LogP contribution in [0.2, 0.25) is 0 Å². The molecule has 7 aromatic carbocycles. The molecular formula is C77H72N20O34P6. The Labute approximate surface area is 769 Å². The zero-order valence-electron chi connectivity index (χ0n) is 69.2. The van der Waals surface area contributed by atoms with Gasteiger partial charge in [0, 0.05) is 38.9 Å². The number of nitrogens with two attached hydrogens (primary N) is 1. The highest BCUT2D eigenvalue weighted by Crippen LogP contribution is 2.59. The zero-order valence-corrected chi connectivity index (χ0v) is 74.6. The van der Waals surface area contributed by atoms with Crippen molar-refractivity contribution in [1.82, 2.24) is 39.9 Å². The number of aromatic nitrogens is 8. The Kier molecular flexibility index (Phi) is 35.1.